The third-order valence-electron chi connectivity index (χ3n) is 4.32. The minimum atomic E-state index is -0.946. The Kier molecular flexibility index (Phi) is 6.48. The molecule has 2 aromatic heterocycles. The number of benzene rings is 1. The minimum absolute atomic E-state index is 0.271. The first-order valence-electron chi connectivity index (χ1n) is 8.86. The molecule has 0 saturated heterocycles. The number of aryl methyl sites for hydroxylation is 1. The van der Waals surface area contributed by atoms with Crippen molar-refractivity contribution in [1.29, 1.82) is 0 Å². The minimum Gasteiger partial charge on any atom is -0.478 e. The zero-order valence-corrected chi connectivity index (χ0v) is 16.6. The number of carboxylic acids is 1. The maximum absolute atomic E-state index is 11.8. The number of hydrogen-bond acceptors (Lipinski definition) is 3. The molecule has 6 heteroatoms. The number of unbranched alkanes of at least 4 members (excludes halogenated alkanes) is 1. The molecule has 0 saturated carbocycles. The third kappa shape index (κ3) is 4.67. The Balaban J connectivity index is 2.04. The highest BCUT2D eigenvalue weighted by molar-refractivity contribution is 7.11. The van der Waals surface area contributed by atoms with Crippen LogP contribution in [0.15, 0.2) is 48.0 Å². The van der Waals surface area contributed by atoms with Crippen LogP contribution in [-0.2, 0) is 17.8 Å². The summed E-state index contributed by atoms with van der Waals surface area (Å²) in [6.45, 7) is 2.70. The molecule has 0 radical (unpaired) electrons. The summed E-state index contributed by atoms with van der Waals surface area (Å²) in [5.74, 6) is -0.00279. The van der Waals surface area contributed by atoms with E-state index in [-0.39, 0.29) is 5.57 Å². The van der Waals surface area contributed by atoms with Crippen molar-refractivity contribution < 1.29 is 9.90 Å². The fraction of sp³-hybridized carbons (Fsp3) is 0.238. The molecule has 0 aliphatic rings. The number of carbonyl (C=O) groups is 1. The van der Waals surface area contributed by atoms with E-state index >= 15 is 0 Å². The van der Waals surface area contributed by atoms with E-state index in [9.17, 15) is 9.90 Å². The monoisotopic (exact) mass is 400 g/mol. The van der Waals surface area contributed by atoms with Gasteiger partial charge in [0.05, 0.1) is 24.0 Å². The van der Waals surface area contributed by atoms with E-state index < -0.39 is 5.97 Å². The molecular formula is C21H21ClN2O2S. The standard InChI is InChI=1S/C21H21ClN2O2S/c1-2-3-10-20-23-13-16(12-17(21(25)26)19-9-6-11-27-19)24(20)14-15-7-4-5-8-18(15)22/h4-9,11-13H,2-3,10,14H2,1H3,(H,25,26). The Labute approximate surface area is 167 Å². The number of carboxylic acid groups (broad SMARTS) is 1. The Morgan fingerprint density at radius 1 is 1.30 bits per heavy atom. The van der Waals surface area contributed by atoms with E-state index in [0.29, 0.717) is 11.6 Å². The quantitative estimate of drug-likeness (QED) is 0.499. The third-order valence-corrected chi connectivity index (χ3v) is 5.59. The SMILES string of the molecule is CCCCc1ncc(C=C(C(=O)O)c2cccs2)n1Cc1ccccc1Cl. The van der Waals surface area contributed by atoms with Crippen LogP contribution in [0.4, 0.5) is 0 Å². The summed E-state index contributed by atoms with van der Waals surface area (Å²) in [4.78, 5) is 17.1. The molecule has 0 unspecified atom stereocenters. The fourth-order valence-corrected chi connectivity index (χ4v) is 3.81. The average Bonchev–Trinajstić information content (AvgIpc) is 3.30. The maximum atomic E-state index is 11.8. The Hall–Kier alpha value is -2.37. The molecule has 0 bridgehead atoms. The van der Waals surface area contributed by atoms with Crippen molar-refractivity contribution in [1.82, 2.24) is 9.55 Å². The first-order chi connectivity index (χ1) is 13.1. The Bertz CT molecular complexity index is 945. The lowest BCUT2D eigenvalue weighted by atomic mass is 10.1. The van der Waals surface area contributed by atoms with Gasteiger partial charge in [-0.1, -0.05) is 49.2 Å². The average molecular weight is 401 g/mol. The van der Waals surface area contributed by atoms with Gasteiger partial charge >= 0.3 is 5.97 Å². The fourth-order valence-electron chi connectivity index (χ4n) is 2.88. The first kappa shape index (κ1) is 19.4. The van der Waals surface area contributed by atoms with Crippen LogP contribution in [0.1, 0.15) is 41.7 Å². The number of rotatable bonds is 8. The molecule has 0 aliphatic carbocycles. The molecule has 3 rings (SSSR count). The number of halogens is 1. The van der Waals surface area contributed by atoms with Crippen molar-refractivity contribution in [3.63, 3.8) is 0 Å². The first-order valence-corrected chi connectivity index (χ1v) is 10.1. The molecular weight excluding hydrogens is 380 g/mol. The van der Waals surface area contributed by atoms with Crippen molar-refractivity contribution in [3.05, 3.63) is 75.0 Å². The highest BCUT2D eigenvalue weighted by Crippen LogP contribution is 2.25. The van der Waals surface area contributed by atoms with E-state index in [1.54, 1.807) is 12.3 Å². The Morgan fingerprint density at radius 3 is 2.78 bits per heavy atom. The van der Waals surface area contributed by atoms with Gasteiger partial charge in [-0.05, 0) is 35.6 Å². The molecule has 0 aliphatic heterocycles. The van der Waals surface area contributed by atoms with Gasteiger partial charge in [-0.2, -0.15) is 0 Å². The van der Waals surface area contributed by atoms with Crippen LogP contribution in [0.25, 0.3) is 11.6 Å². The predicted molar refractivity (Wildman–Crippen MR) is 111 cm³/mol. The van der Waals surface area contributed by atoms with Crippen molar-refractivity contribution >= 4 is 40.6 Å². The van der Waals surface area contributed by atoms with E-state index in [2.05, 4.69) is 16.5 Å². The highest BCUT2D eigenvalue weighted by Gasteiger charge is 2.16. The normalized spacial score (nSPS) is 11.7. The van der Waals surface area contributed by atoms with Crippen LogP contribution < -0.4 is 0 Å². The summed E-state index contributed by atoms with van der Waals surface area (Å²) < 4.78 is 2.06. The molecule has 0 spiro atoms. The van der Waals surface area contributed by atoms with Gasteiger partial charge in [-0.3, -0.25) is 0 Å². The molecule has 0 atom stereocenters. The summed E-state index contributed by atoms with van der Waals surface area (Å²) in [6.07, 6.45) is 6.39. The number of aliphatic carboxylic acids is 1. The number of imidazole rings is 1. The molecule has 0 amide bonds. The molecule has 1 aromatic carbocycles. The second kappa shape index (κ2) is 9.02. The zero-order valence-electron chi connectivity index (χ0n) is 15.1. The molecule has 27 heavy (non-hydrogen) atoms. The van der Waals surface area contributed by atoms with Gasteiger partial charge < -0.3 is 9.67 Å². The van der Waals surface area contributed by atoms with Gasteiger partial charge in [0.15, 0.2) is 0 Å². The van der Waals surface area contributed by atoms with Crippen LogP contribution in [-0.4, -0.2) is 20.6 Å². The topological polar surface area (TPSA) is 55.1 Å². The van der Waals surface area contributed by atoms with Gasteiger partial charge in [0.25, 0.3) is 0 Å². The molecule has 2 heterocycles. The lowest BCUT2D eigenvalue weighted by molar-refractivity contribution is -0.130. The van der Waals surface area contributed by atoms with Crippen LogP contribution >= 0.6 is 22.9 Å². The molecule has 4 nitrogen and oxygen atoms in total. The Morgan fingerprint density at radius 2 is 2.11 bits per heavy atom. The number of hydrogen-bond donors (Lipinski definition) is 1. The van der Waals surface area contributed by atoms with Gasteiger partial charge in [0.1, 0.15) is 5.82 Å². The largest absolute Gasteiger partial charge is 0.478 e. The summed E-state index contributed by atoms with van der Waals surface area (Å²) in [6, 6.07) is 11.4. The highest BCUT2D eigenvalue weighted by atomic mass is 35.5. The van der Waals surface area contributed by atoms with E-state index in [1.807, 2.05) is 41.8 Å². The van der Waals surface area contributed by atoms with Crippen LogP contribution in [0, 0.1) is 0 Å². The summed E-state index contributed by atoms with van der Waals surface area (Å²) >= 11 is 7.76. The smallest absolute Gasteiger partial charge is 0.337 e. The zero-order chi connectivity index (χ0) is 19.2. The summed E-state index contributed by atoms with van der Waals surface area (Å²) in [5, 5.41) is 12.2. The van der Waals surface area contributed by atoms with Gasteiger partial charge in [-0.15, -0.1) is 11.3 Å². The van der Waals surface area contributed by atoms with Crippen LogP contribution in [0.3, 0.4) is 0 Å². The van der Waals surface area contributed by atoms with Gasteiger partial charge in [0, 0.05) is 16.3 Å². The second-order valence-corrected chi connectivity index (χ2v) is 7.58. The lowest BCUT2D eigenvalue weighted by Crippen LogP contribution is -2.08. The molecule has 140 valence electrons. The van der Waals surface area contributed by atoms with E-state index in [4.69, 9.17) is 11.6 Å². The summed E-state index contributed by atoms with van der Waals surface area (Å²) in [5.41, 5.74) is 2.02. The lowest BCUT2D eigenvalue weighted by Gasteiger charge is -2.12. The van der Waals surface area contributed by atoms with Crippen molar-refractivity contribution in [2.24, 2.45) is 0 Å². The van der Waals surface area contributed by atoms with Gasteiger partial charge in [-0.25, -0.2) is 9.78 Å². The van der Waals surface area contributed by atoms with Crippen molar-refractivity contribution in [3.8, 4) is 0 Å². The van der Waals surface area contributed by atoms with Crippen LogP contribution in [0.5, 0.6) is 0 Å². The molecule has 1 N–H and O–H groups in total. The second-order valence-electron chi connectivity index (χ2n) is 6.22. The predicted octanol–water partition coefficient (Wildman–Crippen LogP) is 5.61. The molecule has 0 fully saturated rings. The maximum Gasteiger partial charge on any atom is 0.337 e. The van der Waals surface area contributed by atoms with Gasteiger partial charge in [0.2, 0.25) is 0 Å². The van der Waals surface area contributed by atoms with E-state index in [0.717, 1.165) is 41.2 Å². The van der Waals surface area contributed by atoms with Crippen molar-refractivity contribution in [2.75, 3.05) is 0 Å². The molecule has 3 aromatic rings. The number of thiophene rings is 1. The number of nitrogens with zero attached hydrogens (tertiary/aromatic N) is 2. The number of aromatic nitrogens is 2. The van der Waals surface area contributed by atoms with E-state index in [1.165, 1.54) is 11.3 Å². The summed E-state index contributed by atoms with van der Waals surface area (Å²) in [7, 11) is 0. The van der Waals surface area contributed by atoms with Crippen LogP contribution in [0.2, 0.25) is 5.02 Å². The van der Waals surface area contributed by atoms with Crippen molar-refractivity contribution in [2.45, 2.75) is 32.7 Å².